The summed E-state index contributed by atoms with van der Waals surface area (Å²) < 4.78 is 16.7. The summed E-state index contributed by atoms with van der Waals surface area (Å²) in [6, 6.07) is 14.5. The largest absolute Gasteiger partial charge is 0.504 e. The Morgan fingerprint density at radius 2 is 1.69 bits per heavy atom. The third-order valence-electron chi connectivity index (χ3n) is 7.50. The molecule has 0 unspecified atom stereocenters. The van der Waals surface area contributed by atoms with Crippen LogP contribution < -0.4 is 24.4 Å². The molecule has 1 atom stereocenters. The fourth-order valence-electron chi connectivity index (χ4n) is 5.21. The Morgan fingerprint density at radius 1 is 0.949 bits per heavy atom. The van der Waals surface area contributed by atoms with Crippen LogP contribution in [0.3, 0.4) is 0 Å². The van der Waals surface area contributed by atoms with Gasteiger partial charge in [0, 0.05) is 17.3 Å². The molecule has 0 aromatic heterocycles. The molecule has 3 aromatic carbocycles. The van der Waals surface area contributed by atoms with Gasteiger partial charge in [-0.05, 0) is 85.8 Å². The molecular weight excluding hydrogens is 496 g/mol. The molecule has 1 fully saturated rings. The van der Waals surface area contributed by atoms with Gasteiger partial charge in [0.05, 0.1) is 7.11 Å². The third kappa shape index (κ3) is 5.50. The number of benzene rings is 3. The highest BCUT2D eigenvalue weighted by molar-refractivity contribution is 6.10. The van der Waals surface area contributed by atoms with Crippen molar-refractivity contribution in [2.45, 2.75) is 51.6 Å². The molecule has 39 heavy (non-hydrogen) atoms. The molecule has 204 valence electrons. The van der Waals surface area contributed by atoms with Crippen molar-refractivity contribution in [1.82, 2.24) is 5.32 Å². The molecule has 8 heteroatoms. The molecule has 1 saturated carbocycles. The Balaban J connectivity index is 1.65. The molecule has 1 aliphatic carbocycles. The summed E-state index contributed by atoms with van der Waals surface area (Å²) in [4.78, 5) is 30.0. The lowest BCUT2D eigenvalue weighted by atomic mass is 9.99. The zero-order valence-electron chi connectivity index (χ0n) is 22.5. The van der Waals surface area contributed by atoms with Gasteiger partial charge >= 0.3 is 0 Å². The van der Waals surface area contributed by atoms with Crippen LogP contribution in [-0.4, -0.2) is 43.3 Å². The topological polar surface area (TPSA) is 97.3 Å². The molecular formula is C31H34N2O6. The van der Waals surface area contributed by atoms with E-state index in [0.29, 0.717) is 41.5 Å². The van der Waals surface area contributed by atoms with Gasteiger partial charge in [-0.1, -0.05) is 25.0 Å². The van der Waals surface area contributed by atoms with E-state index < -0.39 is 6.04 Å². The van der Waals surface area contributed by atoms with E-state index in [1.165, 1.54) is 18.1 Å². The number of hydrogen-bond donors (Lipinski definition) is 2. The predicted octanol–water partition coefficient (Wildman–Crippen LogP) is 5.24. The molecule has 3 aromatic rings. The Kier molecular flexibility index (Phi) is 7.63. The van der Waals surface area contributed by atoms with Gasteiger partial charge in [-0.15, -0.1) is 0 Å². The van der Waals surface area contributed by atoms with Crippen molar-refractivity contribution < 1.29 is 28.9 Å². The number of nitrogens with one attached hydrogen (secondary N) is 1. The van der Waals surface area contributed by atoms with Crippen LogP contribution >= 0.6 is 0 Å². The standard InChI is InChI=1S/C31H34N2O6/c1-19-8-11-24(16-20(19)2)33(31(36)22-10-13-26-28(18-22)39-15-14-38-26)29(30(35)32-23-6-4-5-7-23)21-9-12-25(34)27(17-21)37-3/h8-13,16-18,23,29,34H,4-7,14-15H2,1-3H3,(H,32,35)/t29-/m0/s1. The van der Waals surface area contributed by atoms with Crippen molar-refractivity contribution in [1.29, 1.82) is 0 Å². The number of nitrogens with zero attached hydrogens (tertiary/aromatic N) is 1. The molecule has 5 rings (SSSR count). The van der Waals surface area contributed by atoms with Crippen LogP contribution in [0, 0.1) is 13.8 Å². The molecule has 0 spiro atoms. The fraction of sp³-hybridized carbons (Fsp3) is 0.355. The van der Waals surface area contributed by atoms with Gasteiger partial charge < -0.3 is 24.6 Å². The van der Waals surface area contributed by atoms with Gasteiger partial charge in [-0.25, -0.2) is 0 Å². The lowest BCUT2D eigenvalue weighted by Crippen LogP contribution is -2.46. The van der Waals surface area contributed by atoms with E-state index >= 15 is 0 Å². The van der Waals surface area contributed by atoms with Gasteiger partial charge in [-0.3, -0.25) is 14.5 Å². The van der Waals surface area contributed by atoms with Gasteiger partial charge in [0.1, 0.15) is 19.3 Å². The van der Waals surface area contributed by atoms with Crippen molar-refractivity contribution in [3.05, 3.63) is 76.9 Å². The highest BCUT2D eigenvalue weighted by Gasteiger charge is 2.36. The second kappa shape index (κ2) is 11.3. The minimum Gasteiger partial charge on any atom is -0.504 e. The highest BCUT2D eigenvalue weighted by atomic mass is 16.6. The number of hydrogen-bond acceptors (Lipinski definition) is 6. The molecule has 2 N–H and O–H groups in total. The van der Waals surface area contributed by atoms with Gasteiger partial charge in [-0.2, -0.15) is 0 Å². The summed E-state index contributed by atoms with van der Waals surface area (Å²) in [5.74, 6) is 0.581. The molecule has 0 saturated heterocycles. The summed E-state index contributed by atoms with van der Waals surface area (Å²) in [5.41, 5.74) is 3.53. The number of phenols is 1. The lowest BCUT2D eigenvalue weighted by Gasteiger charge is -2.33. The number of carbonyl (C=O) groups excluding carboxylic acids is 2. The summed E-state index contributed by atoms with van der Waals surface area (Å²) in [7, 11) is 1.45. The van der Waals surface area contributed by atoms with Crippen LogP contribution in [-0.2, 0) is 4.79 Å². The number of aryl methyl sites for hydroxylation is 2. The Bertz CT molecular complexity index is 1380. The minimum atomic E-state index is -1.03. The smallest absolute Gasteiger partial charge is 0.259 e. The van der Waals surface area contributed by atoms with E-state index in [4.69, 9.17) is 14.2 Å². The highest BCUT2D eigenvalue weighted by Crippen LogP contribution is 2.37. The summed E-state index contributed by atoms with van der Waals surface area (Å²) in [5, 5.41) is 13.5. The van der Waals surface area contributed by atoms with E-state index in [-0.39, 0.29) is 29.4 Å². The van der Waals surface area contributed by atoms with Crippen LogP contribution in [0.15, 0.2) is 54.6 Å². The second-order valence-corrected chi connectivity index (χ2v) is 10.1. The van der Waals surface area contributed by atoms with E-state index in [1.807, 2.05) is 32.0 Å². The van der Waals surface area contributed by atoms with E-state index in [0.717, 1.165) is 36.8 Å². The second-order valence-electron chi connectivity index (χ2n) is 10.1. The SMILES string of the molecule is COc1cc([C@@H](C(=O)NC2CCCC2)N(C(=O)c2ccc3c(c2)OCCO3)c2ccc(C)c(C)c2)ccc1O. The Morgan fingerprint density at radius 3 is 2.41 bits per heavy atom. The number of carbonyl (C=O) groups is 2. The molecule has 1 aliphatic heterocycles. The first-order valence-electron chi connectivity index (χ1n) is 13.3. The first kappa shape index (κ1) is 26.4. The minimum absolute atomic E-state index is 0.0463. The maximum atomic E-state index is 14.4. The quantitative estimate of drug-likeness (QED) is 0.434. The number of aromatic hydroxyl groups is 1. The number of rotatable bonds is 7. The molecule has 2 aliphatic rings. The van der Waals surface area contributed by atoms with Crippen molar-refractivity contribution >= 4 is 17.5 Å². The maximum Gasteiger partial charge on any atom is 0.259 e. The lowest BCUT2D eigenvalue weighted by molar-refractivity contribution is -0.123. The molecule has 2 amide bonds. The predicted molar refractivity (Wildman–Crippen MR) is 148 cm³/mol. The normalized spacial score (nSPS) is 15.5. The van der Waals surface area contributed by atoms with Crippen molar-refractivity contribution in [2.24, 2.45) is 0 Å². The average molecular weight is 531 g/mol. The zero-order valence-corrected chi connectivity index (χ0v) is 22.5. The van der Waals surface area contributed by atoms with Gasteiger partial charge in [0.25, 0.3) is 5.91 Å². The van der Waals surface area contributed by atoms with Crippen molar-refractivity contribution in [3.8, 4) is 23.0 Å². The molecule has 0 bridgehead atoms. The average Bonchev–Trinajstić information content (AvgIpc) is 3.46. The zero-order chi connectivity index (χ0) is 27.5. The first-order valence-corrected chi connectivity index (χ1v) is 13.3. The van der Waals surface area contributed by atoms with Crippen molar-refractivity contribution in [2.75, 3.05) is 25.2 Å². The fourth-order valence-corrected chi connectivity index (χ4v) is 5.21. The maximum absolute atomic E-state index is 14.4. The van der Waals surface area contributed by atoms with E-state index in [9.17, 15) is 14.7 Å². The summed E-state index contributed by atoms with van der Waals surface area (Å²) in [6.45, 7) is 4.82. The molecule has 0 radical (unpaired) electrons. The number of methoxy groups -OCH3 is 1. The number of ether oxygens (including phenoxy) is 3. The molecule has 1 heterocycles. The monoisotopic (exact) mass is 530 g/mol. The number of anilines is 1. The van der Waals surface area contributed by atoms with Gasteiger partial charge in [0.15, 0.2) is 23.0 Å². The summed E-state index contributed by atoms with van der Waals surface area (Å²) >= 11 is 0. The Hall–Kier alpha value is -4.20. The van der Waals surface area contributed by atoms with Crippen LogP contribution in [0.1, 0.15) is 58.8 Å². The van der Waals surface area contributed by atoms with Crippen LogP contribution in [0.25, 0.3) is 0 Å². The third-order valence-corrected chi connectivity index (χ3v) is 7.50. The first-order chi connectivity index (χ1) is 18.9. The number of amides is 2. The summed E-state index contributed by atoms with van der Waals surface area (Å²) in [6.07, 6.45) is 3.91. The van der Waals surface area contributed by atoms with Crippen molar-refractivity contribution in [3.63, 3.8) is 0 Å². The molecule has 8 nitrogen and oxygen atoms in total. The number of phenolic OH excluding ortho intramolecular Hbond substituents is 1. The van der Waals surface area contributed by atoms with E-state index in [2.05, 4.69) is 5.32 Å². The van der Waals surface area contributed by atoms with Crippen LogP contribution in [0.5, 0.6) is 23.0 Å². The van der Waals surface area contributed by atoms with E-state index in [1.54, 1.807) is 30.3 Å². The van der Waals surface area contributed by atoms with Gasteiger partial charge in [0.2, 0.25) is 5.91 Å². The Labute approximate surface area is 228 Å². The van der Waals surface area contributed by atoms with Crippen LogP contribution in [0.2, 0.25) is 0 Å². The number of fused-ring (bicyclic) bond motifs is 1. The van der Waals surface area contributed by atoms with Crippen LogP contribution in [0.4, 0.5) is 5.69 Å².